The molecule has 0 fully saturated rings. The zero-order valence-electron chi connectivity index (χ0n) is 17.2. The SMILES string of the molecule is CCCN1C(=O)C(O)=C(C(=O)c2cc3cc(Cl)cc(OC)c3o2)C1c1ccc(O)c(Cl)c1. The second kappa shape index (κ2) is 8.41. The lowest BCUT2D eigenvalue weighted by molar-refractivity contribution is -0.129. The number of phenols is 1. The van der Waals surface area contributed by atoms with E-state index in [0.717, 1.165) is 0 Å². The summed E-state index contributed by atoms with van der Waals surface area (Å²) in [5, 5.41) is 21.4. The first kappa shape index (κ1) is 22.0. The van der Waals surface area contributed by atoms with Gasteiger partial charge in [0.25, 0.3) is 5.91 Å². The molecule has 1 amide bonds. The van der Waals surface area contributed by atoms with Crippen molar-refractivity contribution in [1.82, 2.24) is 4.90 Å². The Bertz CT molecular complexity index is 1280. The first-order chi connectivity index (χ1) is 15.3. The van der Waals surface area contributed by atoms with E-state index in [1.807, 2.05) is 6.92 Å². The normalized spacial score (nSPS) is 16.3. The molecule has 2 N–H and O–H groups in total. The molecule has 166 valence electrons. The van der Waals surface area contributed by atoms with Crippen molar-refractivity contribution in [2.45, 2.75) is 19.4 Å². The van der Waals surface area contributed by atoms with Crippen LogP contribution in [0.1, 0.15) is 35.5 Å². The Hall–Kier alpha value is -3.16. The fourth-order valence-electron chi connectivity index (χ4n) is 3.88. The van der Waals surface area contributed by atoms with Gasteiger partial charge in [-0.1, -0.05) is 36.2 Å². The molecule has 1 aromatic heterocycles. The third-order valence-corrected chi connectivity index (χ3v) is 5.81. The Kier molecular flexibility index (Phi) is 5.79. The molecule has 0 radical (unpaired) electrons. The third kappa shape index (κ3) is 3.57. The van der Waals surface area contributed by atoms with Crippen LogP contribution in [0.25, 0.3) is 11.0 Å². The maximum Gasteiger partial charge on any atom is 0.290 e. The number of phenolic OH excluding ortho intramolecular Hbond substituents is 1. The number of benzene rings is 2. The number of nitrogens with zero attached hydrogens (tertiary/aromatic N) is 1. The van der Waals surface area contributed by atoms with Gasteiger partial charge in [-0.3, -0.25) is 9.59 Å². The van der Waals surface area contributed by atoms with Crippen LogP contribution < -0.4 is 4.74 Å². The van der Waals surface area contributed by atoms with Crippen LogP contribution in [0.4, 0.5) is 0 Å². The van der Waals surface area contributed by atoms with Gasteiger partial charge in [0.1, 0.15) is 5.75 Å². The number of aromatic hydroxyl groups is 1. The lowest BCUT2D eigenvalue weighted by atomic mass is 9.95. The number of hydrogen-bond donors (Lipinski definition) is 2. The van der Waals surface area contributed by atoms with Gasteiger partial charge in [-0.15, -0.1) is 0 Å². The monoisotopic (exact) mass is 475 g/mol. The number of halogens is 2. The third-order valence-electron chi connectivity index (χ3n) is 5.29. The molecule has 0 saturated carbocycles. The molecule has 0 spiro atoms. The van der Waals surface area contributed by atoms with E-state index in [1.165, 1.54) is 30.2 Å². The van der Waals surface area contributed by atoms with Gasteiger partial charge in [0.15, 0.2) is 22.9 Å². The number of carbonyl (C=O) groups is 2. The Morgan fingerprint density at radius 2 is 1.94 bits per heavy atom. The molecule has 0 aliphatic carbocycles. The Labute approximate surface area is 193 Å². The minimum atomic E-state index is -0.897. The first-order valence-electron chi connectivity index (χ1n) is 9.81. The van der Waals surface area contributed by atoms with Crippen molar-refractivity contribution in [3.05, 3.63) is 69.1 Å². The minimum absolute atomic E-state index is 0.0627. The molecule has 3 aromatic rings. The quantitative estimate of drug-likeness (QED) is 0.460. The summed E-state index contributed by atoms with van der Waals surface area (Å²) in [5.74, 6) is -1.84. The molecule has 1 atom stereocenters. The van der Waals surface area contributed by atoms with Gasteiger partial charge in [-0.2, -0.15) is 0 Å². The maximum absolute atomic E-state index is 13.5. The van der Waals surface area contributed by atoms with E-state index in [0.29, 0.717) is 40.3 Å². The highest BCUT2D eigenvalue weighted by atomic mass is 35.5. The molecular formula is C23H19Cl2NO6. The van der Waals surface area contributed by atoms with E-state index in [9.17, 15) is 19.8 Å². The van der Waals surface area contributed by atoms with Crippen molar-refractivity contribution in [1.29, 1.82) is 0 Å². The van der Waals surface area contributed by atoms with E-state index < -0.39 is 23.5 Å². The Morgan fingerprint density at radius 1 is 1.19 bits per heavy atom. The van der Waals surface area contributed by atoms with Crippen LogP contribution in [0, 0.1) is 0 Å². The van der Waals surface area contributed by atoms with E-state index in [1.54, 1.807) is 18.2 Å². The molecule has 0 saturated heterocycles. The standard InChI is InChI=1S/C23H19Cl2NO6/c1-3-6-26-19(11-4-5-15(27)14(25)8-11)18(21(29)23(26)30)20(28)16-9-12-7-13(24)10-17(31-2)22(12)32-16/h4-5,7-10,19,27,29H,3,6H2,1-2H3. The Morgan fingerprint density at radius 3 is 2.59 bits per heavy atom. The number of aliphatic hydroxyl groups excluding tert-OH is 1. The van der Waals surface area contributed by atoms with Crippen molar-refractivity contribution >= 4 is 45.9 Å². The van der Waals surface area contributed by atoms with Crippen molar-refractivity contribution in [2.24, 2.45) is 0 Å². The molecular weight excluding hydrogens is 457 g/mol. The summed E-state index contributed by atoms with van der Waals surface area (Å²) < 4.78 is 11.0. The van der Waals surface area contributed by atoms with E-state index in [-0.39, 0.29) is 22.1 Å². The zero-order chi connectivity index (χ0) is 23.2. The van der Waals surface area contributed by atoms with Gasteiger partial charge < -0.3 is 24.3 Å². The lowest BCUT2D eigenvalue weighted by Crippen LogP contribution is -2.31. The van der Waals surface area contributed by atoms with Gasteiger partial charge in [0.2, 0.25) is 5.78 Å². The summed E-state index contributed by atoms with van der Waals surface area (Å²) in [7, 11) is 1.45. The maximum atomic E-state index is 13.5. The predicted octanol–water partition coefficient (Wildman–Crippen LogP) is 5.44. The molecule has 1 aliphatic heterocycles. The highest BCUT2D eigenvalue weighted by Gasteiger charge is 2.44. The number of fused-ring (bicyclic) bond motifs is 1. The zero-order valence-corrected chi connectivity index (χ0v) is 18.7. The molecule has 7 nitrogen and oxygen atoms in total. The number of ketones is 1. The van der Waals surface area contributed by atoms with Crippen LogP contribution in [0.3, 0.4) is 0 Å². The molecule has 2 aromatic carbocycles. The highest BCUT2D eigenvalue weighted by Crippen LogP contribution is 2.42. The Balaban J connectivity index is 1.85. The van der Waals surface area contributed by atoms with Crippen LogP contribution in [-0.4, -0.2) is 40.5 Å². The molecule has 4 rings (SSSR count). The van der Waals surface area contributed by atoms with Gasteiger partial charge >= 0.3 is 0 Å². The van der Waals surface area contributed by atoms with Crippen molar-refractivity contribution in [3.63, 3.8) is 0 Å². The van der Waals surface area contributed by atoms with E-state index >= 15 is 0 Å². The first-order valence-corrected chi connectivity index (χ1v) is 10.6. The van der Waals surface area contributed by atoms with E-state index in [4.69, 9.17) is 32.4 Å². The average Bonchev–Trinajstić information content (AvgIpc) is 3.29. The van der Waals surface area contributed by atoms with Crippen molar-refractivity contribution in [3.8, 4) is 11.5 Å². The summed E-state index contributed by atoms with van der Waals surface area (Å²) in [4.78, 5) is 27.7. The summed E-state index contributed by atoms with van der Waals surface area (Å²) in [6.07, 6.45) is 0.600. The fourth-order valence-corrected chi connectivity index (χ4v) is 4.28. The largest absolute Gasteiger partial charge is 0.506 e. The number of aliphatic hydroxyl groups is 1. The topological polar surface area (TPSA) is 100 Å². The van der Waals surface area contributed by atoms with Crippen LogP contribution >= 0.6 is 23.2 Å². The summed E-state index contributed by atoms with van der Waals surface area (Å²) in [5.41, 5.74) is 0.660. The molecule has 0 bridgehead atoms. The van der Waals surface area contributed by atoms with Gasteiger partial charge in [0.05, 0.1) is 23.7 Å². The molecule has 1 aliphatic rings. The highest BCUT2D eigenvalue weighted by molar-refractivity contribution is 6.32. The van der Waals surface area contributed by atoms with Crippen LogP contribution in [-0.2, 0) is 4.79 Å². The van der Waals surface area contributed by atoms with Crippen molar-refractivity contribution in [2.75, 3.05) is 13.7 Å². The molecule has 32 heavy (non-hydrogen) atoms. The number of amides is 1. The van der Waals surface area contributed by atoms with Crippen LogP contribution in [0.5, 0.6) is 11.5 Å². The molecule has 1 unspecified atom stereocenters. The average molecular weight is 476 g/mol. The second-order valence-electron chi connectivity index (χ2n) is 7.34. The van der Waals surface area contributed by atoms with Gasteiger partial charge in [0, 0.05) is 23.0 Å². The number of rotatable bonds is 6. The number of hydrogen-bond acceptors (Lipinski definition) is 6. The number of Topliss-reactive ketones (excluding diaryl/α,β-unsaturated/α-hetero) is 1. The smallest absolute Gasteiger partial charge is 0.290 e. The molecule has 2 heterocycles. The van der Waals surface area contributed by atoms with Gasteiger partial charge in [-0.05, 0) is 36.2 Å². The number of carbonyl (C=O) groups excluding carboxylic acids is 2. The minimum Gasteiger partial charge on any atom is -0.506 e. The van der Waals surface area contributed by atoms with Crippen LogP contribution in [0.15, 0.2) is 52.1 Å². The van der Waals surface area contributed by atoms with Crippen LogP contribution in [0.2, 0.25) is 10.0 Å². The van der Waals surface area contributed by atoms with E-state index in [2.05, 4.69) is 0 Å². The number of methoxy groups -OCH3 is 1. The summed E-state index contributed by atoms with van der Waals surface area (Å²) in [6.45, 7) is 2.17. The van der Waals surface area contributed by atoms with Gasteiger partial charge in [-0.25, -0.2) is 0 Å². The molecule has 9 heteroatoms. The number of ether oxygens (including phenoxy) is 1. The summed E-state index contributed by atoms with van der Waals surface area (Å²) in [6, 6.07) is 8.15. The fraction of sp³-hybridized carbons (Fsp3) is 0.217. The summed E-state index contributed by atoms with van der Waals surface area (Å²) >= 11 is 12.2. The predicted molar refractivity (Wildman–Crippen MR) is 120 cm³/mol. The lowest BCUT2D eigenvalue weighted by Gasteiger charge is -2.26. The van der Waals surface area contributed by atoms with Crippen molar-refractivity contribution < 1.29 is 29.0 Å². The second-order valence-corrected chi connectivity index (χ2v) is 8.18. The number of furan rings is 1.